The van der Waals surface area contributed by atoms with E-state index in [9.17, 15) is 40.9 Å². The number of benzene rings is 4. The zero-order valence-corrected chi connectivity index (χ0v) is 51.7. The van der Waals surface area contributed by atoms with Crippen LogP contribution in [-0.2, 0) is 45.1 Å². The van der Waals surface area contributed by atoms with Crippen LogP contribution in [-0.4, -0.2) is 138 Å². The van der Waals surface area contributed by atoms with E-state index in [-0.39, 0.29) is 96.3 Å². The molecule has 0 amide bonds. The lowest BCUT2D eigenvalue weighted by Gasteiger charge is -2.33. The zero-order chi connectivity index (χ0) is 59.9. The Morgan fingerprint density at radius 1 is 0.310 bits per heavy atom. The quantitative estimate of drug-likeness (QED) is 0.0307. The summed E-state index contributed by atoms with van der Waals surface area (Å²) in [5.74, 6) is -3.52. The molecule has 5 aliphatic rings. The topological polar surface area (TPSA) is 212 Å². The fourth-order valence-corrected chi connectivity index (χ4v) is 14.0. The molecule has 0 spiro atoms. The van der Waals surface area contributed by atoms with Crippen LogP contribution >= 0.6 is 0 Å². The number of unbranched alkanes of at least 4 members (excludes halogenated alkanes) is 8. The van der Waals surface area contributed by atoms with Gasteiger partial charge >= 0.3 is 0 Å². The highest BCUT2D eigenvalue weighted by molar-refractivity contribution is 5.68. The summed E-state index contributed by atoms with van der Waals surface area (Å²) >= 11 is 0. The van der Waals surface area contributed by atoms with Crippen molar-refractivity contribution in [2.45, 2.75) is 232 Å². The molecule has 4 saturated heterocycles. The van der Waals surface area contributed by atoms with Crippen LogP contribution in [0.4, 0.5) is 0 Å². The molecule has 464 valence electrons. The molecule has 4 fully saturated rings. The van der Waals surface area contributed by atoms with Crippen LogP contribution in [0.25, 0.3) is 0 Å². The van der Waals surface area contributed by atoms with Crippen LogP contribution in [0.2, 0.25) is 0 Å². The molecule has 0 aromatic heterocycles. The van der Waals surface area contributed by atoms with Gasteiger partial charge in [0, 0.05) is 119 Å². The van der Waals surface area contributed by atoms with Gasteiger partial charge < -0.3 is 59.8 Å². The van der Waals surface area contributed by atoms with Crippen LogP contribution in [0.1, 0.15) is 249 Å². The Kier molecular flexibility index (Phi) is 21.6. The normalized spacial score (nSPS) is 24.3. The number of rotatable bonds is 24. The highest BCUT2D eigenvalue weighted by Gasteiger charge is 2.40. The highest BCUT2D eigenvalue weighted by atomic mass is 16.5. The van der Waals surface area contributed by atoms with Crippen LogP contribution in [0.15, 0.2) is 24.3 Å². The third-order valence-electron chi connectivity index (χ3n) is 19.5. The molecule has 16 nitrogen and oxygen atoms in total. The minimum atomic E-state index is -0.692. The molecule has 4 atom stereocenters. The van der Waals surface area contributed by atoms with Crippen LogP contribution in [0, 0.1) is 0 Å². The first-order valence-corrected chi connectivity index (χ1v) is 32.1. The van der Waals surface area contributed by atoms with E-state index in [4.69, 9.17) is 18.9 Å². The van der Waals surface area contributed by atoms with Gasteiger partial charge in [-0.05, 0) is 77.6 Å². The molecule has 4 aromatic rings. The van der Waals surface area contributed by atoms with Crippen molar-refractivity contribution in [2.75, 3.05) is 53.4 Å². The van der Waals surface area contributed by atoms with E-state index in [2.05, 4.69) is 75.0 Å². The monoisotopic (exact) mass is 1160 g/mol. The van der Waals surface area contributed by atoms with Gasteiger partial charge in [0.1, 0.15) is 46.0 Å². The van der Waals surface area contributed by atoms with Gasteiger partial charge in [-0.1, -0.05) is 105 Å². The number of phenolic OH excluding ortho intramolecular Hbond substituents is 8. The smallest absolute Gasteiger partial charge is 0.127 e. The van der Waals surface area contributed by atoms with Crippen molar-refractivity contribution in [1.82, 2.24) is 19.6 Å². The summed E-state index contributed by atoms with van der Waals surface area (Å²) in [6.07, 6.45) is 11.9. The fraction of sp³-hybridized carbons (Fsp3) is 0.647. The van der Waals surface area contributed by atoms with E-state index in [1.807, 2.05) is 24.3 Å². The Balaban J connectivity index is 1.47. The number of ether oxygens (including phenoxy) is 4. The molecule has 8 bridgehead atoms. The largest absolute Gasteiger partial charge is 0.507 e. The molecule has 4 aromatic carbocycles. The van der Waals surface area contributed by atoms with Gasteiger partial charge in [-0.25, -0.2) is 0 Å². The first-order valence-electron chi connectivity index (χ1n) is 32.1. The zero-order valence-electron chi connectivity index (χ0n) is 51.7. The average molecular weight is 1170 g/mol. The maximum atomic E-state index is 13.3. The molecule has 4 heterocycles. The van der Waals surface area contributed by atoms with E-state index >= 15 is 0 Å². The van der Waals surface area contributed by atoms with Gasteiger partial charge in [0.05, 0.1) is 75.6 Å². The standard InChI is InChI=1S/C68H100N4O12/c1-9-13-17-21-45-49-25-51(63(75)57(61(49)73)29-69-37-81-33-41(69)5)46(22-18-14-10-2)53-27-55(67(79)59(65(53)77)31-71-39-83-35-43(71)7)48(24-20-16-12-4)56-28-54(66(78)60(68(56)80)32-72-40-84-36-44(72)8)47(23-19-15-11-3)52-26-50(45)62(74)58(64(52)76)30-70-38-82-34-42(70)6/h25-28,41-48,73-80H,9-24,29-40H2,1-8H3/t41-,42-,43-,44-,45?,46?,47?,48?/m0/s1. The summed E-state index contributed by atoms with van der Waals surface area (Å²) in [5.41, 5.74) is 5.30. The van der Waals surface area contributed by atoms with E-state index < -0.39 is 23.7 Å². The molecule has 8 N–H and O–H groups in total. The molecule has 0 unspecified atom stereocenters. The minimum Gasteiger partial charge on any atom is -0.507 e. The van der Waals surface area contributed by atoms with Gasteiger partial charge in [-0.2, -0.15) is 0 Å². The number of hydrogen-bond donors (Lipinski definition) is 8. The third-order valence-corrected chi connectivity index (χ3v) is 19.5. The van der Waals surface area contributed by atoms with Gasteiger partial charge in [0.2, 0.25) is 0 Å². The molecule has 0 radical (unpaired) electrons. The number of aromatic hydroxyl groups is 8. The van der Waals surface area contributed by atoms with E-state index in [0.29, 0.717) is 146 Å². The molecular formula is C68H100N4O12. The van der Waals surface area contributed by atoms with Gasteiger partial charge in [-0.3, -0.25) is 19.6 Å². The molecule has 0 saturated carbocycles. The number of hydrogen-bond acceptors (Lipinski definition) is 16. The lowest BCUT2D eigenvalue weighted by Crippen LogP contribution is -2.28. The maximum Gasteiger partial charge on any atom is 0.127 e. The Morgan fingerprint density at radius 3 is 0.631 bits per heavy atom. The van der Waals surface area contributed by atoms with Crippen molar-refractivity contribution in [3.05, 3.63) is 91.0 Å². The van der Waals surface area contributed by atoms with Crippen molar-refractivity contribution in [3.8, 4) is 46.0 Å². The summed E-state index contributed by atoms with van der Waals surface area (Å²) in [6.45, 7) is 20.5. The summed E-state index contributed by atoms with van der Waals surface area (Å²) < 4.78 is 23.9. The number of nitrogens with zero attached hydrogens (tertiary/aromatic N) is 4. The van der Waals surface area contributed by atoms with Gasteiger partial charge in [0.25, 0.3) is 0 Å². The second-order valence-electron chi connectivity index (χ2n) is 25.5. The lowest BCUT2D eigenvalue weighted by molar-refractivity contribution is 0.133. The van der Waals surface area contributed by atoms with Gasteiger partial charge in [0.15, 0.2) is 0 Å². The van der Waals surface area contributed by atoms with Crippen molar-refractivity contribution in [1.29, 1.82) is 0 Å². The molecule has 4 aliphatic heterocycles. The second kappa shape index (κ2) is 28.6. The Hall–Kier alpha value is -5.04. The summed E-state index contributed by atoms with van der Waals surface area (Å²) in [4.78, 5) is 8.36. The second-order valence-corrected chi connectivity index (χ2v) is 25.5. The average Bonchev–Trinajstić information content (AvgIpc) is 4.24. The molecule has 84 heavy (non-hydrogen) atoms. The Labute approximate surface area is 499 Å². The minimum absolute atomic E-state index is 0.0274. The summed E-state index contributed by atoms with van der Waals surface area (Å²) in [6, 6.07) is 7.53. The van der Waals surface area contributed by atoms with Crippen molar-refractivity contribution in [2.24, 2.45) is 0 Å². The van der Waals surface area contributed by atoms with Gasteiger partial charge in [-0.15, -0.1) is 0 Å². The molecule has 9 rings (SSSR count). The number of phenols is 8. The van der Waals surface area contributed by atoms with Crippen LogP contribution in [0.3, 0.4) is 0 Å². The van der Waals surface area contributed by atoms with Crippen LogP contribution in [0.5, 0.6) is 46.0 Å². The number of fused-ring (bicyclic) bond motifs is 8. The first-order chi connectivity index (χ1) is 40.5. The molecular weight excluding hydrogens is 1060 g/mol. The Morgan fingerprint density at radius 2 is 0.488 bits per heavy atom. The summed E-state index contributed by atoms with van der Waals surface area (Å²) in [7, 11) is 0. The third kappa shape index (κ3) is 13.3. The molecule has 1 aliphatic carbocycles. The van der Waals surface area contributed by atoms with Crippen molar-refractivity contribution < 1.29 is 59.8 Å². The Bertz CT molecular complexity index is 2390. The predicted molar refractivity (Wildman–Crippen MR) is 326 cm³/mol. The molecule has 16 heteroatoms. The van der Waals surface area contributed by atoms with Crippen LogP contribution < -0.4 is 0 Å². The first kappa shape index (κ1) is 63.5. The van der Waals surface area contributed by atoms with Crippen molar-refractivity contribution in [3.63, 3.8) is 0 Å². The summed E-state index contributed by atoms with van der Waals surface area (Å²) in [5, 5.41) is 106. The highest BCUT2D eigenvalue weighted by Crippen LogP contribution is 2.57. The maximum absolute atomic E-state index is 13.3. The van der Waals surface area contributed by atoms with E-state index in [0.717, 1.165) is 77.0 Å². The SMILES string of the molecule is CCCCCC1c2cc(c(O)c(CN3COC[C@@H]3C)c2O)C(CCCCC)c2cc(c(O)c(CN3COC[C@@H]3C)c2O)C(CCCCC)c2cc(c(O)c(CN3COC[C@@H]3C)c2O)C(CCCCC)c2cc1c(O)c(CN1COC[C@@H]1C)c2O. The van der Waals surface area contributed by atoms with E-state index in [1.54, 1.807) is 0 Å². The predicted octanol–water partition coefficient (Wildman–Crippen LogP) is 13.2. The lowest BCUT2D eigenvalue weighted by atomic mass is 9.74. The van der Waals surface area contributed by atoms with Crippen molar-refractivity contribution >= 4 is 0 Å². The van der Waals surface area contributed by atoms with E-state index in [1.165, 1.54) is 0 Å². The fourth-order valence-electron chi connectivity index (χ4n) is 14.0.